The average Bonchev–Trinajstić information content (AvgIpc) is 3.48. The summed E-state index contributed by atoms with van der Waals surface area (Å²) in [6, 6.07) is 13.1. The van der Waals surface area contributed by atoms with Gasteiger partial charge in [-0.2, -0.15) is 4.31 Å². The Labute approximate surface area is 204 Å². The number of carbonyl (C=O) groups excluding carboxylic acids is 1. The third-order valence-electron chi connectivity index (χ3n) is 5.99. The van der Waals surface area contributed by atoms with Gasteiger partial charge in [-0.25, -0.2) is 17.8 Å². The Hall–Kier alpha value is -3.50. The fourth-order valence-electron chi connectivity index (χ4n) is 4.04. The second kappa shape index (κ2) is 10.0. The largest absolute Gasteiger partial charge is 0.331 e. The molecule has 1 N–H and O–H groups in total. The van der Waals surface area contributed by atoms with E-state index in [-0.39, 0.29) is 22.9 Å². The van der Waals surface area contributed by atoms with Gasteiger partial charge >= 0.3 is 0 Å². The van der Waals surface area contributed by atoms with Crippen LogP contribution >= 0.6 is 0 Å². The average molecular weight is 498 g/mol. The second-order valence-electron chi connectivity index (χ2n) is 8.13. The van der Waals surface area contributed by atoms with E-state index in [4.69, 9.17) is 0 Å². The van der Waals surface area contributed by atoms with Crippen molar-refractivity contribution >= 4 is 32.7 Å². The second-order valence-corrected chi connectivity index (χ2v) is 10.1. The van der Waals surface area contributed by atoms with Crippen molar-refractivity contribution in [2.24, 2.45) is 7.05 Å². The molecular formula is C25H28FN5O3S. The maximum atomic E-state index is 14.3. The molecule has 0 aliphatic heterocycles. The van der Waals surface area contributed by atoms with Crippen LogP contribution in [-0.2, 0) is 28.3 Å². The van der Waals surface area contributed by atoms with Gasteiger partial charge in [-0.15, -0.1) is 0 Å². The molecule has 0 bridgehead atoms. The van der Waals surface area contributed by atoms with Crippen molar-refractivity contribution in [2.75, 3.05) is 18.4 Å². The van der Waals surface area contributed by atoms with Gasteiger partial charge in [0, 0.05) is 51.1 Å². The Morgan fingerprint density at radius 2 is 1.80 bits per heavy atom. The topological polar surface area (TPSA) is 89.2 Å². The molecule has 0 fully saturated rings. The highest BCUT2D eigenvalue weighted by molar-refractivity contribution is 7.89. The number of aromatic nitrogens is 3. The third-order valence-corrected chi connectivity index (χ3v) is 8.04. The predicted octanol–water partition coefficient (Wildman–Crippen LogP) is 4.10. The molecule has 4 rings (SSSR count). The van der Waals surface area contributed by atoms with Crippen molar-refractivity contribution in [3.05, 3.63) is 72.6 Å². The molecule has 0 saturated carbocycles. The summed E-state index contributed by atoms with van der Waals surface area (Å²) < 4.78 is 45.0. The molecule has 0 radical (unpaired) electrons. The van der Waals surface area contributed by atoms with Crippen molar-refractivity contribution in [3.8, 4) is 5.69 Å². The molecule has 10 heteroatoms. The Balaban J connectivity index is 1.49. The van der Waals surface area contributed by atoms with Crippen LogP contribution in [0.5, 0.6) is 0 Å². The van der Waals surface area contributed by atoms with Crippen LogP contribution in [0.2, 0.25) is 0 Å². The lowest BCUT2D eigenvalue weighted by Crippen LogP contribution is -2.30. The molecule has 8 nitrogen and oxygen atoms in total. The Morgan fingerprint density at radius 1 is 1.09 bits per heavy atom. The maximum absolute atomic E-state index is 14.3. The number of benzene rings is 2. The van der Waals surface area contributed by atoms with E-state index < -0.39 is 15.8 Å². The summed E-state index contributed by atoms with van der Waals surface area (Å²) in [4.78, 5) is 17.3. The Morgan fingerprint density at radius 3 is 2.49 bits per heavy atom. The molecule has 0 atom stereocenters. The number of carbonyl (C=O) groups is 1. The van der Waals surface area contributed by atoms with E-state index >= 15 is 0 Å². The Kier molecular flexibility index (Phi) is 7.04. The van der Waals surface area contributed by atoms with Crippen LogP contribution in [0.4, 0.5) is 10.1 Å². The van der Waals surface area contributed by atoms with E-state index in [1.54, 1.807) is 44.2 Å². The molecule has 0 spiro atoms. The molecule has 2 aromatic heterocycles. The van der Waals surface area contributed by atoms with Gasteiger partial charge in [-0.1, -0.05) is 13.8 Å². The highest BCUT2D eigenvalue weighted by atomic mass is 32.2. The van der Waals surface area contributed by atoms with E-state index in [2.05, 4.69) is 10.3 Å². The smallest absolute Gasteiger partial charge is 0.243 e. The van der Waals surface area contributed by atoms with Gasteiger partial charge < -0.3 is 14.5 Å². The van der Waals surface area contributed by atoms with Crippen LogP contribution in [0.1, 0.15) is 26.1 Å². The van der Waals surface area contributed by atoms with Gasteiger partial charge in [0.05, 0.1) is 21.6 Å². The van der Waals surface area contributed by atoms with E-state index in [1.165, 1.54) is 10.4 Å². The van der Waals surface area contributed by atoms with Crippen molar-refractivity contribution in [3.63, 3.8) is 0 Å². The summed E-state index contributed by atoms with van der Waals surface area (Å²) in [5.41, 5.74) is 2.15. The summed E-state index contributed by atoms with van der Waals surface area (Å²) in [7, 11) is -1.78. The van der Waals surface area contributed by atoms with Crippen LogP contribution in [-0.4, -0.2) is 45.8 Å². The number of nitrogens with zero attached hydrogens (tertiary/aromatic N) is 4. The van der Waals surface area contributed by atoms with Crippen LogP contribution in [0.25, 0.3) is 16.7 Å². The van der Waals surface area contributed by atoms with E-state index in [1.807, 2.05) is 40.7 Å². The number of aryl methyl sites for hydroxylation is 2. The van der Waals surface area contributed by atoms with Gasteiger partial charge in [-0.3, -0.25) is 4.79 Å². The monoisotopic (exact) mass is 497 g/mol. The number of amides is 1. The normalized spacial score (nSPS) is 11.9. The zero-order chi connectivity index (χ0) is 25.2. The molecule has 4 aromatic rings. The minimum atomic E-state index is -3.60. The van der Waals surface area contributed by atoms with Crippen LogP contribution in [0.3, 0.4) is 0 Å². The lowest BCUT2D eigenvalue weighted by atomic mass is 10.2. The predicted molar refractivity (Wildman–Crippen MR) is 133 cm³/mol. The third kappa shape index (κ3) is 4.98. The molecule has 2 heterocycles. The summed E-state index contributed by atoms with van der Waals surface area (Å²) >= 11 is 0. The molecular weight excluding hydrogens is 469 g/mol. The number of sulfonamides is 1. The van der Waals surface area contributed by atoms with E-state index in [0.29, 0.717) is 30.9 Å². The highest BCUT2D eigenvalue weighted by Gasteiger charge is 2.23. The molecule has 0 aliphatic carbocycles. The lowest BCUT2D eigenvalue weighted by Gasteiger charge is -2.18. The fraction of sp³-hybridized carbons (Fsp3) is 0.280. The minimum Gasteiger partial charge on any atom is -0.331 e. The van der Waals surface area contributed by atoms with Crippen LogP contribution in [0.15, 0.2) is 65.8 Å². The minimum absolute atomic E-state index is 0.0922. The SMILES string of the molecule is CCN(CC)S(=O)(=O)c1ccc2c(c1)nc(CCC(=O)Nc1cc(-n3cccc3)ccc1F)n2C. The fourth-order valence-corrected chi connectivity index (χ4v) is 5.52. The quantitative estimate of drug-likeness (QED) is 0.377. The standard InChI is InChI=1S/C25H28FN5O3S/c1-4-31(5-2)35(33,34)19-9-11-23-22(17-19)27-24(29(23)3)12-13-25(32)28-21-16-18(8-10-20(21)26)30-14-6-7-15-30/h6-11,14-17H,4-5,12-13H2,1-3H3,(H,28,32). The van der Waals surface area contributed by atoms with Crippen molar-refractivity contribution in [1.29, 1.82) is 0 Å². The van der Waals surface area contributed by atoms with E-state index in [9.17, 15) is 17.6 Å². The number of rotatable bonds is 9. The maximum Gasteiger partial charge on any atom is 0.243 e. The number of nitrogens with one attached hydrogen (secondary N) is 1. The first-order chi connectivity index (χ1) is 16.7. The highest BCUT2D eigenvalue weighted by Crippen LogP contribution is 2.23. The van der Waals surface area contributed by atoms with Gasteiger partial charge in [0.2, 0.25) is 15.9 Å². The summed E-state index contributed by atoms with van der Waals surface area (Å²) in [6.45, 7) is 4.36. The number of fused-ring (bicyclic) bond motifs is 1. The van der Waals surface area contributed by atoms with Crippen molar-refractivity contribution < 1.29 is 17.6 Å². The summed E-state index contributed by atoms with van der Waals surface area (Å²) in [5, 5.41) is 2.64. The zero-order valence-electron chi connectivity index (χ0n) is 19.9. The Bertz CT molecular complexity index is 1460. The molecule has 35 heavy (non-hydrogen) atoms. The number of halogens is 1. The zero-order valence-corrected chi connectivity index (χ0v) is 20.7. The number of imidazole rings is 1. The summed E-state index contributed by atoms with van der Waals surface area (Å²) in [6.07, 6.45) is 4.08. The van der Waals surface area contributed by atoms with Crippen LogP contribution in [0, 0.1) is 5.82 Å². The first-order valence-electron chi connectivity index (χ1n) is 11.4. The lowest BCUT2D eigenvalue weighted by molar-refractivity contribution is -0.116. The first kappa shape index (κ1) is 24.6. The van der Waals surface area contributed by atoms with Gasteiger partial charge in [0.1, 0.15) is 11.6 Å². The van der Waals surface area contributed by atoms with Crippen molar-refractivity contribution in [2.45, 2.75) is 31.6 Å². The first-order valence-corrected chi connectivity index (χ1v) is 12.9. The molecule has 184 valence electrons. The van der Waals surface area contributed by atoms with Crippen LogP contribution < -0.4 is 5.32 Å². The molecule has 1 amide bonds. The summed E-state index contributed by atoms with van der Waals surface area (Å²) in [5.74, 6) is -0.224. The van der Waals surface area contributed by atoms with E-state index in [0.717, 1.165) is 11.2 Å². The molecule has 0 unspecified atom stereocenters. The molecule has 0 saturated heterocycles. The van der Waals surface area contributed by atoms with Gasteiger partial charge in [0.25, 0.3) is 0 Å². The number of hydrogen-bond acceptors (Lipinski definition) is 4. The van der Waals surface area contributed by atoms with Gasteiger partial charge in [0.15, 0.2) is 0 Å². The molecule has 2 aromatic carbocycles. The number of anilines is 1. The van der Waals surface area contributed by atoms with Gasteiger partial charge in [-0.05, 0) is 48.5 Å². The molecule has 0 aliphatic rings. The number of hydrogen-bond donors (Lipinski definition) is 1. The van der Waals surface area contributed by atoms with Crippen molar-refractivity contribution in [1.82, 2.24) is 18.4 Å².